The number of benzene rings is 1. The Kier molecular flexibility index (Phi) is 6.26. The molecule has 0 bridgehead atoms. The number of rotatable bonds is 4. The van der Waals surface area contributed by atoms with Gasteiger partial charge in [0, 0.05) is 18.3 Å². The van der Waals surface area contributed by atoms with Crippen LogP contribution in [0.4, 0.5) is 11.4 Å². The quantitative estimate of drug-likeness (QED) is 0.433. The molecule has 9 heteroatoms. The Morgan fingerprint density at radius 2 is 1.52 bits per heavy atom. The van der Waals surface area contributed by atoms with Gasteiger partial charge in [0.05, 0.1) is 14.9 Å². The fourth-order valence-corrected chi connectivity index (χ4v) is 2.77. The van der Waals surface area contributed by atoms with E-state index in [9.17, 15) is 14.4 Å². The summed E-state index contributed by atoms with van der Waals surface area (Å²) < 4.78 is 0.608. The maximum absolute atomic E-state index is 11.8. The normalized spacial score (nSPS) is 10.9. The van der Waals surface area contributed by atoms with Crippen LogP contribution in [0.15, 0.2) is 41.5 Å². The maximum Gasteiger partial charge on any atom is 0.329 e. The van der Waals surface area contributed by atoms with Gasteiger partial charge >= 0.3 is 11.8 Å². The Morgan fingerprint density at radius 3 is 2.04 bits per heavy atom. The summed E-state index contributed by atoms with van der Waals surface area (Å²) >= 11 is 7.15. The summed E-state index contributed by atoms with van der Waals surface area (Å²) in [4.78, 5) is 35.4. The molecule has 25 heavy (non-hydrogen) atoms. The van der Waals surface area contributed by atoms with Crippen molar-refractivity contribution in [3.8, 4) is 0 Å². The zero-order chi connectivity index (χ0) is 18.4. The van der Waals surface area contributed by atoms with Crippen LogP contribution in [0.25, 0.3) is 0 Å². The minimum atomic E-state index is -0.895. The van der Waals surface area contributed by atoms with Crippen LogP contribution in [0.3, 0.4) is 0 Å². The Morgan fingerprint density at radius 1 is 0.920 bits per heavy atom. The summed E-state index contributed by atoms with van der Waals surface area (Å²) in [6.45, 7) is 3.09. The molecule has 0 atom stereocenters. The van der Waals surface area contributed by atoms with Gasteiger partial charge in [0.2, 0.25) is 5.91 Å². The minimum absolute atomic E-state index is 0.198. The van der Waals surface area contributed by atoms with E-state index in [1.165, 1.54) is 18.3 Å². The van der Waals surface area contributed by atoms with Gasteiger partial charge in [-0.2, -0.15) is 5.10 Å². The largest absolute Gasteiger partial charge is 0.329 e. The van der Waals surface area contributed by atoms with Crippen molar-refractivity contribution in [1.29, 1.82) is 0 Å². The van der Waals surface area contributed by atoms with Gasteiger partial charge in [-0.3, -0.25) is 14.4 Å². The highest BCUT2D eigenvalue weighted by Gasteiger charge is 2.13. The highest BCUT2D eigenvalue weighted by molar-refractivity contribution is 7.18. The van der Waals surface area contributed by atoms with Gasteiger partial charge in [-0.25, -0.2) is 5.43 Å². The number of nitrogens with one attached hydrogen (secondary N) is 3. The molecule has 0 saturated carbocycles. The van der Waals surface area contributed by atoms with Crippen LogP contribution in [0, 0.1) is 0 Å². The van der Waals surface area contributed by atoms with Crippen LogP contribution < -0.4 is 16.1 Å². The van der Waals surface area contributed by atoms with Crippen LogP contribution in [0.2, 0.25) is 4.34 Å². The first kappa shape index (κ1) is 18.6. The fraction of sp³-hybridized carbons (Fsp3) is 0.125. The molecule has 0 aliphatic heterocycles. The Balaban J connectivity index is 1.91. The summed E-state index contributed by atoms with van der Waals surface area (Å²) in [5.74, 6) is -1.95. The van der Waals surface area contributed by atoms with Crippen molar-refractivity contribution in [2.45, 2.75) is 13.8 Å². The molecule has 2 rings (SSSR count). The van der Waals surface area contributed by atoms with Crippen molar-refractivity contribution >= 4 is 57.7 Å². The van der Waals surface area contributed by atoms with E-state index in [4.69, 9.17) is 11.6 Å². The van der Waals surface area contributed by atoms with Gasteiger partial charge in [-0.05, 0) is 43.3 Å². The van der Waals surface area contributed by atoms with Crippen LogP contribution in [-0.4, -0.2) is 23.4 Å². The van der Waals surface area contributed by atoms with Crippen LogP contribution >= 0.6 is 22.9 Å². The van der Waals surface area contributed by atoms with Crippen molar-refractivity contribution in [2.24, 2.45) is 5.10 Å². The topological polar surface area (TPSA) is 99.7 Å². The molecule has 2 aromatic rings. The number of thiophene rings is 1. The van der Waals surface area contributed by atoms with Crippen molar-refractivity contribution in [2.75, 3.05) is 10.6 Å². The van der Waals surface area contributed by atoms with Crippen molar-refractivity contribution in [3.05, 3.63) is 45.6 Å². The molecule has 7 nitrogen and oxygen atoms in total. The first-order valence-electron chi connectivity index (χ1n) is 7.14. The van der Waals surface area contributed by atoms with Crippen LogP contribution in [-0.2, 0) is 14.4 Å². The third-order valence-corrected chi connectivity index (χ3v) is 4.26. The number of carbonyl (C=O) groups is 3. The van der Waals surface area contributed by atoms with E-state index < -0.39 is 11.8 Å². The lowest BCUT2D eigenvalue weighted by Gasteiger charge is -2.06. The average Bonchev–Trinajstić information content (AvgIpc) is 3.00. The van der Waals surface area contributed by atoms with Crippen LogP contribution in [0.5, 0.6) is 0 Å². The molecule has 0 aliphatic carbocycles. The zero-order valence-corrected chi connectivity index (χ0v) is 15.0. The Hall–Kier alpha value is -2.71. The van der Waals surface area contributed by atoms with E-state index in [2.05, 4.69) is 21.2 Å². The van der Waals surface area contributed by atoms with E-state index in [1.54, 1.807) is 43.3 Å². The van der Waals surface area contributed by atoms with Gasteiger partial charge in [0.15, 0.2) is 0 Å². The second-order valence-electron chi connectivity index (χ2n) is 4.95. The molecule has 3 N–H and O–H groups in total. The molecule has 1 aromatic carbocycles. The Bertz CT molecular complexity index is 830. The first-order valence-corrected chi connectivity index (χ1v) is 8.33. The lowest BCUT2D eigenvalue weighted by molar-refractivity contribution is -0.136. The number of hydrazone groups is 1. The standard InChI is InChI=1S/C16H15ClN4O3S/c1-9(13-7-8-14(17)25-13)20-21-16(24)15(23)19-12-5-3-11(4-6-12)18-10(2)22/h3-8H,1-2H3,(H,18,22)(H,19,23)(H,21,24)/b20-9-. The summed E-state index contributed by atoms with van der Waals surface area (Å²) in [6, 6.07) is 9.85. The van der Waals surface area contributed by atoms with Crippen molar-refractivity contribution < 1.29 is 14.4 Å². The van der Waals surface area contributed by atoms with Crippen molar-refractivity contribution in [3.63, 3.8) is 0 Å². The number of amides is 3. The minimum Gasteiger partial charge on any atom is -0.326 e. The van der Waals surface area contributed by atoms with E-state index in [0.717, 1.165) is 4.88 Å². The Labute approximate surface area is 153 Å². The second-order valence-corrected chi connectivity index (χ2v) is 6.67. The molecule has 1 heterocycles. The second kappa shape index (κ2) is 8.41. The zero-order valence-electron chi connectivity index (χ0n) is 13.4. The molecular weight excluding hydrogens is 364 g/mol. The third-order valence-electron chi connectivity index (χ3n) is 2.92. The monoisotopic (exact) mass is 378 g/mol. The predicted molar refractivity (Wildman–Crippen MR) is 99.1 cm³/mol. The van der Waals surface area contributed by atoms with Gasteiger partial charge in [0.1, 0.15) is 0 Å². The van der Waals surface area contributed by atoms with Gasteiger partial charge in [-0.15, -0.1) is 11.3 Å². The first-order chi connectivity index (χ1) is 11.8. The average molecular weight is 379 g/mol. The van der Waals surface area contributed by atoms with Crippen LogP contribution in [0.1, 0.15) is 18.7 Å². The number of anilines is 2. The number of hydrogen-bond donors (Lipinski definition) is 3. The number of halogens is 1. The predicted octanol–water partition coefficient (Wildman–Crippen LogP) is 2.84. The van der Waals surface area contributed by atoms with Gasteiger partial charge in [-0.1, -0.05) is 11.6 Å². The maximum atomic E-state index is 11.8. The fourth-order valence-electron chi connectivity index (χ4n) is 1.78. The number of nitrogens with zero attached hydrogens (tertiary/aromatic N) is 1. The van der Waals surface area contributed by atoms with E-state index in [0.29, 0.717) is 21.4 Å². The molecule has 1 aromatic heterocycles. The van der Waals surface area contributed by atoms with Gasteiger partial charge < -0.3 is 10.6 Å². The number of carbonyl (C=O) groups excluding carboxylic acids is 3. The number of hydrogen-bond acceptors (Lipinski definition) is 5. The lowest BCUT2D eigenvalue weighted by atomic mass is 10.2. The molecule has 0 fully saturated rings. The summed E-state index contributed by atoms with van der Waals surface area (Å²) in [5.41, 5.74) is 3.74. The van der Waals surface area contributed by atoms with Crippen molar-refractivity contribution in [1.82, 2.24) is 5.43 Å². The molecular formula is C16H15ClN4O3S. The molecule has 0 saturated heterocycles. The van der Waals surface area contributed by atoms with E-state index in [1.807, 2.05) is 0 Å². The molecule has 0 aliphatic rings. The van der Waals surface area contributed by atoms with E-state index >= 15 is 0 Å². The molecule has 0 spiro atoms. The smallest absolute Gasteiger partial charge is 0.326 e. The summed E-state index contributed by atoms with van der Waals surface area (Å²) in [7, 11) is 0. The van der Waals surface area contributed by atoms with Gasteiger partial charge in [0.25, 0.3) is 0 Å². The molecule has 0 radical (unpaired) electrons. The highest BCUT2D eigenvalue weighted by atomic mass is 35.5. The lowest BCUT2D eigenvalue weighted by Crippen LogP contribution is -2.32. The third kappa shape index (κ3) is 5.70. The molecule has 3 amide bonds. The molecule has 0 unspecified atom stereocenters. The molecule has 130 valence electrons. The summed E-state index contributed by atoms with van der Waals surface area (Å²) in [6.07, 6.45) is 0. The highest BCUT2D eigenvalue weighted by Crippen LogP contribution is 2.21. The SMILES string of the molecule is CC(=O)Nc1ccc(NC(=O)C(=O)N/N=C(/C)c2ccc(Cl)s2)cc1. The summed E-state index contributed by atoms with van der Waals surface area (Å²) in [5, 5.41) is 8.92. The van der Waals surface area contributed by atoms with E-state index in [-0.39, 0.29) is 5.91 Å².